The van der Waals surface area contributed by atoms with Gasteiger partial charge in [-0.25, -0.2) is 4.98 Å². The minimum absolute atomic E-state index is 0.147. The second-order valence-electron chi connectivity index (χ2n) is 5.47. The van der Waals surface area contributed by atoms with Crippen molar-refractivity contribution >= 4 is 22.7 Å². The minimum Gasteiger partial charge on any atom is -0.439 e. The molecule has 0 bridgehead atoms. The van der Waals surface area contributed by atoms with Crippen LogP contribution in [0.15, 0.2) is 22.6 Å². The number of nitrogen functional groups attached to an aromatic ring is 1. The Morgan fingerprint density at radius 2 is 2.19 bits per heavy atom. The molecule has 3 rings (SSSR count). The smallest absolute Gasteiger partial charge is 0.219 e. The zero-order valence-corrected chi connectivity index (χ0v) is 12.2. The van der Waals surface area contributed by atoms with Crippen LogP contribution in [-0.4, -0.2) is 46.9 Å². The number of carbonyl (C=O) groups excluding carboxylic acids is 1. The molecule has 2 N–H and O–H groups in total. The number of aromatic nitrogens is 1. The van der Waals surface area contributed by atoms with E-state index >= 15 is 0 Å². The van der Waals surface area contributed by atoms with Gasteiger partial charge in [0.25, 0.3) is 0 Å². The molecule has 0 unspecified atom stereocenters. The topological polar surface area (TPSA) is 75.6 Å². The monoisotopic (exact) mass is 288 g/mol. The molecule has 1 aliphatic rings. The molecule has 2 aromatic rings. The minimum atomic E-state index is 0.147. The van der Waals surface area contributed by atoms with Crippen LogP contribution < -0.4 is 5.73 Å². The fraction of sp³-hybridized carbons (Fsp3) is 0.467. The molecule has 6 heteroatoms. The number of hydrogen-bond acceptors (Lipinski definition) is 5. The summed E-state index contributed by atoms with van der Waals surface area (Å²) >= 11 is 0. The molecule has 1 aromatic carbocycles. The number of nitrogens with zero attached hydrogens (tertiary/aromatic N) is 3. The maximum absolute atomic E-state index is 11.4. The van der Waals surface area contributed by atoms with Gasteiger partial charge in [-0.2, -0.15) is 0 Å². The van der Waals surface area contributed by atoms with Crippen LogP contribution in [0.25, 0.3) is 11.1 Å². The maximum atomic E-state index is 11.4. The van der Waals surface area contributed by atoms with Crippen LogP contribution in [0.2, 0.25) is 0 Å². The van der Waals surface area contributed by atoms with Crippen molar-refractivity contribution in [1.29, 1.82) is 0 Å². The molecule has 2 heterocycles. The molecule has 21 heavy (non-hydrogen) atoms. The summed E-state index contributed by atoms with van der Waals surface area (Å²) in [6, 6.07) is 5.48. The van der Waals surface area contributed by atoms with Gasteiger partial charge in [0.05, 0.1) is 6.54 Å². The third kappa shape index (κ3) is 3.16. The molecule has 1 saturated heterocycles. The SMILES string of the molecule is CC(=O)N1CCCN(Cc2nc3cc(N)ccc3o2)CC1. The molecule has 0 aliphatic carbocycles. The highest BCUT2D eigenvalue weighted by atomic mass is 16.3. The second kappa shape index (κ2) is 5.73. The number of rotatable bonds is 2. The van der Waals surface area contributed by atoms with Crippen molar-refractivity contribution in [2.75, 3.05) is 31.9 Å². The lowest BCUT2D eigenvalue weighted by atomic mass is 10.3. The Balaban J connectivity index is 1.68. The number of oxazole rings is 1. The third-order valence-corrected chi connectivity index (χ3v) is 3.85. The maximum Gasteiger partial charge on any atom is 0.219 e. The van der Waals surface area contributed by atoms with Gasteiger partial charge in [0, 0.05) is 38.8 Å². The third-order valence-electron chi connectivity index (χ3n) is 3.85. The number of anilines is 1. The van der Waals surface area contributed by atoms with E-state index in [9.17, 15) is 4.79 Å². The van der Waals surface area contributed by atoms with Crippen LogP contribution in [-0.2, 0) is 11.3 Å². The number of nitrogens with two attached hydrogens (primary N) is 1. The lowest BCUT2D eigenvalue weighted by molar-refractivity contribution is -0.128. The van der Waals surface area contributed by atoms with Crippen molar-refractivity contribution in [3.63, 3.8) is 0 Å². The number of amides is 1. The van der Waals surface area contributed by atoms with E-state index in [0.29, 0.717) is 18.1 Å². The summed E-state index contributed by atoms with van der Waals surface area (Å²) in [6.45, 7) is 5.69. The Kier molecular flexibility index (Phi) is 3.79. The summed E-state index contributed by atoms with van der Waals surface area (Å²) in [7, 11) is 0. The van der Waals surface area contributed by atoms with Crippen molar-refractivity contribution in [3.8, 4) is 0 Å². The largest absolute Gasteiger partial charge is 0.439 e. The summed E-state index contributed by atoms with van der Waals surface area (Å²) in [6.07, 6.45) is 0.979. The van der Waals surface area contributed by atoms with Crippen LogP contribution >= 0.6 is 0 Å². The Labute approximate surface area is 123 Å². The van der Waals surface area contributed by atoms with Gasteiger partial charge in [0.15, 0.2) is 5.58 Å². The van der Waals surface area contributed by atoms with E-state index in [-0.39, 0.29) is 5.91 Å². The van der Waals surface area contributed by atoms with Crippen LogP contribution in [0.1, 0.15) is 19.2 Å². The Morgan fingerprint density at radius 1 is 1.33 bits per heavy atom. The lowest BCUT2D eigenvalue weighted by Gasteiger charge is -2.19. The molecule has 0 saturated carbocycles. The molecular formula is C15H20N4O2. The quantitative estimate of drug-likeness (QED) is 0.847. The Morgan fingerprint density at radius 3 is 3.00 bits per heavy atom. The first-order valence-corrected chi connectivity index (χ1v) is 7.24. The first-order chi connectivity index (χ1) is 10.1. The van der Waals surface area contributed by atoms with E-state index in [1.54, 1.807) is 6.92 Å². The zero-order chi connectivity index (χ0) is 14.8. The Hall–Kier alpha value is -2.08. The van der Waals surface area contributed by atoms with E-state index < -0.39 is 0 Å². The van der Waals surface area contributed by atoms with Crippen molar-refractivity contribution in [2.24, 2.45) is 0 Å². The molecular weight excluding hydrogens is 268 g/mol. The molecule has 1 fully saturated rings. The lowest BCUT2D eigenvalue weighted by Crippen LogP contribution is -2.33. The summed E-state index contributed by atoms with van der Waals surface area (Å²) < 4.78 is 5.75. The van der Waals surface area contributed by atoms with Gasteiger partial charge < -0.3 is 15.1 Å². The molecule has 6 nitrogen and oxygen atoms in total. The number of benzene rings is 1. The highest BCUT2D eigenvalue weighted by Gasteiger charge is 2.18. The summed E-state index contributed by atoms with van der Waals surface area (Å²) in [5, 5.41) is 0. The van der Waals surface area contributed by atoms with Crippen molar-refractivity contribution < 1.29 is 9.21 Å². The van der Waals surface area contributed by atoms with Crippen LogP contribution in [0.3, 0.4) is 0 Å². The van der Waals surface area contributed by atoms with Gasteiger partial charge in [-0.15, -0.1) is 0 Å². The summed E-state index contributed by atoms with van der Waals surface area (Å²) in [4.78, 5) is 20.1. The fourth-order valence-electron chi connectivity index (χ4n) is 2.70. The van der Waals surface area contributed by atoms with E-state index in [4.69, 9.17) is 10.2 Å². The second-order valence-corrected chi connectivity index (χ2v) is 5.47. The van der Waals surface area contributed by atoms with Gasteiger partial charge >= 0.3 is 0 Å². The van der Waals surface area contributed by atoms with Crippen LogP contribution in [0.4, 0.5) is 5.69 Å². The predicted octanol–water partition coefficient (Wildman–Crippen LogP) is 1.46. The van der Waals surface area contributed by atoms with Gasteiger partial charge in [0.2, 0.25) is 11.8 Å². The average molecular weight is 288 g/mol. The van der Waals surface area contributed by atoms with Gasteiger partial charge in [-0.05, 0) is 24.6 Å². The number of carbonyl (C=O) groups is 1. The van der Waals surface area contributed by atoms with Crippen LogP contribution in [0.5, 0.6) is 0 Å². The van der Waals surface area contributed by atoms with Crippen molar-refractivity contribution in [2.45, 2.75) is 19.9 Å². The predicted molar refractivity (Wildman–Crippen MR) is 80.6 cm³/mol. The molecule has 0 spiro atoms. The van der Waals surface area contributed by atoms with Gasteiger partial charge in [-0.3, -0.25) is 9.69 Å². The molecule has 1 amide bonds. The molecule has 1 aliphatic heterocycles. The normalized spacial score (nSPS) is 17.1. The first kappa shape index (κ1) is 13.9. The van der Waals surface area contributed by atoms with E-state index in [2.05, 4.69) is 9.88 Å². The average Bonchev–Trinajstić information content (AvgIpc) is 2.66. The molecule has 0 radical (unpaired) electrons. The standard InChI is InChI=1S/C15H20N4O2/c1-11(20)19-6-2-5-18(7-8-19)10-15-17-13-9-12(16)3-4-14(13)21-15/h3-4,9H,2,5-8,10,16H2,1H3. The molecule has 0 atom stereocenters. The first-order valence-electron chi connectivity index (χ1n) is 7.24. The van der Waals surface area contributed by atoms with Crippen LogP contribution in [0, 0.1) is 0 Å². The molecule has 1 aromatic heterocycles. The number of hydrogen-bond donors (Lipinski definition) is 1. The van der Waals surface area contributed by atoms with Crippen molar-refractivity contribution in [3.05, 3.63) is 24.1 Å². The Bertz CT molecular complexity index is 652. The van der Waals surface area contributed by atoms with Gasteiger partial charge in [0.1, 0.15) is 5.52 Å². The van der Waals surface area contributed by atoms with Gasteiger partial charge in [-0.1, -0.05) is 0 Å². The van der Waals surface area contributed by atoms with E-state index in [1.807, 2.05) is 23.1 Å². The highest BCUT2D eigenvalue weighted by molar-refractivity contribution is 5.76. The summed E-state index contributed by atoms with van der Waals surface area (Å²) in [5.41, 5.74) is 8.00. The fourth-order valence-corrected chi connectivity index (χ4v) is 2.70. The van der Waals surface area contributed by atoms with Crippen molar-refractivity contribution in [1.82, 2.24) is 14.8 Å². The highest BCUT2D eigenvalue weighted by Crippen LogP contribution is 2.19. The molecule has 112 valence electrons. The van der Waals surface area contributed by atoms with E-state index in [0.717, 1.165) is 43.7 Å². The zero-order valence-electron chi connectivity index (χ0n) is 12.2. The summed E-state index contributed by atoms with van der Waals surface area (Å²) in [5.74, 6) is 0.848. The van der Waals surface area contributed by atoms with E-state index in [1.165, 1.54) is 0 Å². The number of fused-ring (bicyclic) bond motifs is 1.